The summed E-state index contributed by atoms with van der Waals surface area (Å²) in [5, 5.41) is 0. The molecule has 18 heteroatoms. The van der Waals surface area contributed by atoms with Crippen LogP contribution in [0, 0.1) is 5.41 Å². The summed E-state index contributed by atoms with van der Waals surface area (Å²) in [6.45, 7) is 5.15. The van der Waals surface area contributed by atoms with Crippen LogP contribution in [0.4, 0.5) is 0 Å². The normalized spacial score (nSPS) is 11.4. The van der Waals surface area contributed by atoms with Gasteiger partial charge in [-0.05, 0) is 38.5 Å². The van der Waals surface area contributed by atoms with Gasteiger partial charge in [-0.1, -0.05) is 0 Å². The lowest BCUT2D eigenvalue weighted by molar-refractivity contribution is -0.151. The number of esters is 3. The predicted octanol–water partition coefficient (Wildman–Crippen LogP) is 3.11. The zero-order chi connectivity index (χ0) is 43.3. The van der Waals surface area contributed by atoms with Crippen molar-refractivity contribution in [3.05, 3.63) is 0 Å². The van der Waals surface area contributed by atoms with Crippen LogP contribution in [0.5, 0.6) is 0 Å². The van der Waals surface area contributed by atoms with Gasteiger partial charge < -0.3 is 66.4 Å². The Hall–Kier alpha value is -2.65. The number of rotatable bonds is 47. The van der Waals surface area contributed by atoms with E-state index in [-0.39, 0.29) is 122 Å². The van der Waals surface area contributed by atoms with Gasteiger partial charge in [0.1, 0.15) is 31.9 Å². The second-order valence-corrected chi connectivity index (χ2v) is 13.6. The Morgan fingerprint density at radius 1 is 0.373 bits per heavy atom. The average molecular weight is 855 g/mol. The average Bonchev–Trinajstić information content (AvgIpc) is 3.22. The van der Waals surface area contributed by atoms with E-state index >= 15 is 0 Å². The SMILES string of the molecule is COCCCC(=O)OCCOCC(COCCOCCCC(=O)CCCOCCOCCCC=O)(COCCOC(=O)CCCOC)COCCOC(=O)CCCOC. The fraction of sp³-hybridized carbons (Fsp3) is 0.878. The summed E-state index contributed by atoms with van der Waals surface area (Å²) in [4.78, 5) is 58.6. The van der Waals surface area contributed by atoms with Crippen LogP contribution in [-0.2, 0) is 85.6 Å². The number of Topliss-reactive ketones (excluding diaryl/α,β-unsaturated/α-hetero) is 1. The zero-order valence-corrected chi connectivity index (χ0v) is 36.1. The second-order valence-electron chi connectivity index (χ2n) is 13.6. The van der Waals surface area contributed by atoms with Gasteiger partial charge in [0.05, 0.1) is 78.1 Å². The van der Waals surface area contributed by atoms with Crippen molar-refractivity contribution in [3.63, 3.8) is 0 Å². The number of aldehydes is 1. The van der Waals surface area contributed by atoms with Gasteiger partial charge in [0, 0.05) is 99.5 Å². The van der Waals surface area contributed by atoms with Crippen molar-refractivity contribution in [1.82, 2.24) is 0 Å². The van der Waals surface area contributed by atoms with Crippen LogP contribution in [0.1, 0.15) is 77.0 Å². The van der Waals surface area contributed by atoms with Crippen LogP contribution in [-0.4, -0.2) is 183 Å². The van der Waals surface area contributed by atoms with Crippen molar-refractivity contribution >= 4 is 30.0 Å². The molecule has 0 rings (SSSR count). The van der Waals surface area contributed by atoms with E-state index in [9.17, 15) is 24.0 Å². The van der Waals surface area contributed by atoms with Gasteiger partial charge in [0.25, 0.3) is 0 Å². The van der Waals surface area contributed by atoms with Crippen LogP contribution >= 0.6 is 0 Å². The summed E-state index contributed by atoms with van der Waals surface area (Å²) in [6.07, 6.45) is 6.48. The third-order valence-electron chi connectivity index (χ3n) is 8.14. The number of ketones is 1. The van der Waals surface area contributed by atoms with E-state index in [0.717, 1.165) is 6.29 Å². The highest BCUT2D eigenvalue weighted by Gasteiger charge is 2.33. The first-order chi connectivity index (χ1) is 28.8. The van der Waals surface area contributed by atoms with Crippen molar-refractivity contribution in [2.45, 2.75) is 77.0 Å². The first kappa shape index (κ1) is 56.4. The molecule has 0 aliphatic rings. The van der Waals surface area contributed by atoms with Crippen LogP contribution < -0.4 is 0 Å². The van der Waals surface area contributed by atoms with Gasteiger partial charge in [-0.15, -0.1) is 0 Å². The Labute approximate surface area is 351 Å². The first-order valence-electron chi connectivity index (χ1n) is 20.8. The molecule has 0 amide bonds. The number of carbonyl (C=O) groups is 5. The van der Waals surface area contributed by atoms with E-state index in [1.54, 1.807) is 21.3 Å². The zero-order valence-electron chi connectivity index (χ0n) is 36.1. The molecule has 0 spiro atoms. The Morgan fingerprint density at radius 2 is 0.678 bits per heavy atom. The van der Waals surface area contributed by atoms with E-state index < -0.39 is 5.41 Å². The minimum Gasteiger partial charge on any atom is -0.463 e. The number of hydrogen-bond acceptors (Lipinski definition) is 18. The van der Waals surface area contributed by atoms with E-state index in [4.69, 9.17) is 61.6 Å². The molecular weight excluding hydrogens is 780 g/mol. The molecule has 0 atom stereocenters. The summed E-state index contributed by atoms with van der Waals surface area (Å²) in [5.41, 5.74) is -0.854. The quantitative estimate of drug-likeness (QED) is 0.0373. The number of carbonyl (C=O) groups excluding carboxylic acids is 5. The molecule has 0 aromatic rings. The number of unbranched alkanes of at least 4 members (excludes halogenated alkanes) is 1. The summed E-state index contributed by atoms with van der Waals surface area (Å²) in [6, 6.07) is 0. The molecule has 0 unspecified atom stereocenters. The summed E-state index contributed by atoms with van der Waals surface area (Å²) in [5.74, 6) is -0.906. The van der Waals surface area contributed by atoms with E-state index in [0.29, 0.717) is 111 Å². The predicted molar refractivity (Wildman–Crippen MR) is 213 cm³/mol. The molecule has 0 aromatic carbocycles. The van der Waals surface area contributed by atoms with Gasteiger partial charge in [0.2, 0.25) is 0 Å². The Balaban J connectivity index is 4.99. The van der Waals surface area contributed by atoms with Gasteiger partial charge >= 0.3 is 17.9 Å². The van der Waals surface area contributed by atoms with Crippen LogP contribution in [0.15, 0.2) is 0 Å². The van der Waals surface area contributed by atoms with Gasteiger partial charge in [-0.2, -0.15) is 0 Å². The largest absolute Gasteiger partial charge is 0.463 e. The molecule has 0 fully saturated rings. The summed E-state index contributed by atoms with van der Waals surface area (Å²) >= 11 is 0. The summed E-state index contributed by atoms with van der Waals surface area (Å²) in [7, 11) is 4.70. The lowest BCUT2D eigenvalue weighted by Crippen LogP contribution is -2.43. The third-order valence-corrected chi connectivity index (χ3v) is 8.14. The topological polar surface area (TPSA) is 205 Å². The molecular formula is C41H74O18. The molecule has 0 saturated carbocycles. The maximum absolute atomic E-state index is 12.3. The molecule has 59 heavy (non-hydrogen) atoms. The molecule has 0 aliphatic carbocycles. The lowest BCUT2D eigenvalue weighted by atomic mass is 9.92. The molecule has 0 radical (unpaired) electrons. The fourth-order valence-corrected chi connectivity index (χ4v) is 5.03. The van der Waals surface area contributed by atoms with Crippen molar-refractivity contribution in [3.8, 4) is 0 Å². The standard InChI is InChI=1S/C41H74O18/c1-47-17-8-13-38(44)57-30-27-54-34-41(35-55-28-31-58-39(45)14-9-18-48-2,36-56-29-32-59-40(46)15-10-19-49-3)33-53-26-25-52-22-7-12-37(43)11-6-21-51-24-23-50-20-5-4-16-42/h16H,4-15,17-36H2,1-3H3. The minimum atomic E-state index is -0.854. The maximum atomic E-state index is 12.3. The molecule has 0 bridgehead atoms. The highest BCUT2D eigenvalue weighted by Crippen LogP contribution is 2.21. The minimum absolute atomic E-state index is 0.0487. The Kier molecular flexibility index (Phi) is 41.5. The van der Waals surface area contributed by atoms with E-state index in [2.05, 4.69) is 0 Å². The Bertz CT molecular complexity index is 934. The summed E-state index contributed by atoms with van der Waals surface area (Å²) < 4.78 is 71.2. The van der Waals surface area contributed by atoms with E-state index in [1.807, 2.05) is 0 Å². The van der Waals surface area contributed by atoms with E-state index in [1.165, 1.54) is 0 Å². The Morgan fingerprint density at radius 3 is 1.02 bits per heavy atom. The molecule has 0 heterocycles. The van der Waals surface area contributed by atoms with Crippen LogP contribution in [0.25, 0.3) is 0 Å². The molecule has 0 aliphatic heterocycles. The van der Waals surface area contributed by atoms with Crippen LogP contribution in [0.3, 0.4) is 0 Å². The molecule has 0 saturated heterocycles. The van der Waals surface area contributed by atoms with Gasteiger partial charge in [-0.3, -0.25) is 19.2 Å². The van der Waals surface area contributed by atoms with Crippen molar-refractivity contribution in [1.29, 1.82) is 0 Å². The number of hydrogen-bond donors (Lipinski definition) is 0. The lowest BCUT2D eigenvalue weighted by Gasteiger charge is -2.33. The smallest absolute Gasteiger partial charge is 0.305 e. The second kappa shape index (κ2) is 43.4. The highest BCUT2D eigenvalue weighted by molar-refractivity contribution is 5.78. The highest BCUT2D eigenvalue weighted by atomic mass is 16.6. The van der Waals surface area contributed by atoms with Crippen molar-refractivity contribution < 1.29 is 85.6 Å². The monoisotopic (exact) mass is 854 g/mol. The van der Waals surface area contributed by atoms with Crippen molar-refractivity contribution in [2.24, 2.45) is 5.41 Å². The number of methoxy groups -OCH3 is 3. The molecule has 0 aromatic heterocycles. The van der Waals surface area contributed by atoms with Crippen LogP contribution in [0.2, 0.25) is 0 Å². The molecule has 346 valence electrons. The van der Waals surface area contributed by atoms with Crippen molar-refractivity contribution in [2.75, 3.05) is 153 Å². The maximum Gasteiger partial charge on any atom is 0.305 e. The van der Waals surface area contributed by atoms with Gasteiger partial charge in [0.15, 0.2) is 0 Å². The molecule has 18 nitrogen and oxygen atoms in total. The molecule has 0 N–H and O–H groups in total. The first-order valence-corrected chi connectivity index (χ1v) is 20.8. The third kappa shape index (κ3) is 39.3. The number of ether oxygens (including phenoxy) is 13. The fourth-order valence-electron chi connectivity index (χ4n) is 5.03. The van der Waals surface area contributed by atoms with Gasteiger partial charge in [-0.25, -0.2) is 0 Å².